The maximum absolute atomic E-state index is 13.3. The van der Waals surface area contributed by atoms with E-state index in [4.69, 9.17) is 11.6 Å². The Morgan fingerprint density at radius 2 is 1.68 bits per heavy atom. The highest BCUT2D eigenvalue weighted by Gasteiger charge is 2.49. The van der Waals surface area contributed by atoms with E-state index in [0.717, 1.165) is 27.3 Å². The Kier molecular flexibility index (Phi) is 6.73. The molecule has 2 aromatic rings. The van der Waals surface area contributed by atoms with Crippen molar-refractivity contribution in [1.29, 1.82) is 0 Å². The molecule has 0 aliphatic carbocycles. The number of carbonyl (C=O) groups is 2. The number of halogens is 1. The fraction of sp³-hybridized carbons (Fsp3) is 0.364. The molecule has 31 heavy (non-hydrogen) atoms. The minimum atomic E-state index is -3.65. The number of piperazine rings is 1. The quantitative estimate of drug-likeness (QED) is 0.712. The monoisotopic (exact) mass is 463 g/mol. The van der Waals surface area contributed by atoms with E-state index in [1.807, 2.05) is 31.2 Å². The molecule has 0 spiro atoms. The van der Waals surface area contributed by atoms with Crippen molar-refractivity contribution in [2.45, 2.75) is 32.5 Å². The number of sulfonamides is 1. The lowest BCUT2D eigenvalue weighted by Gasteiger charge is -2.46. The molecule has 3 rings (SSSR count). The van der Waals surface area contributed by atoms with E-state index in [1.54, 1.807) is 31.2 Å². The standard InChI is InChI=1S/C22H26ClN3O4S/c1-16-4-6-18(7-5-16)13-26-20(27)14-25(31(3,29)30)15-22(26,2)21(28)24-12-17-8-10-19(23)11-9-17/h4-11H,12-15H2,1-3H3,(H,24,28). The predicted octanol–water partition coefficient (Wildman–Crippen LogP) is 2.33. The van der Waals surface area contributed by atoms with Gasteiger partial charge in [-0.05, 0) is 37.1 Å². The van der Waals surface area contributed by atoms with Crippen LogP contribution >= 0.6 is 11.6 Å². The van der Waals surface area contributed by atoms with Crippen LogP contribution in [0.2, 0.25) is 5.02 Å². The van der Waals surface area contributed by atoms with Crippen LogP contribution in [-0.4, -0.2) is 54.3 Å². The van der Waals surface area contributed by atoms with Crippen molar-refractivity contribution in [3.8, 4) is 0 Å². The molecule has 1 saturated heterocycles. The fourth-order valence-electron chi connectivity index (χ4n) is 3.54. The Hall–Kier alpha value is -2.42. The second kappa shape index (κ2) is 8.98. The van der Waals surface area contributed by atoms with Gasteiger partial charge in [-0.3, -0.25) is 9.59 Å². The first kappa shape index (κ1) is 23.2. The average Bonchev–Trinajstić information content (AvgIpc) is 2.70. The summed E-state index contributed by atoms with van der Waals surface area (Å²) in [6.45, 7) is 3.61. The second-order valence-electron chi connectivity index (χ2n) is 8.08. The van der Waals surface area contributed by atoms with Crippen molar-refractivity contribution < 1.29 is 18.0 Å². The van der Waals surface area contributed by atoms with Gasteiger partial charge < -0.3 is 10.2 Å². The first-order chi connectivity index (χ1) is 14.5. The molecule has 0 saturated carbocycles. The minimum Gasteiger partial charge on any atom is -0.350 e. The van der Waals surface area contributed by atoms with Gasteiger partial charge in [-0.25, -0.2) is 8.42 Å². The molecule has 1 fully saturated rings. The Morgan fingerprint density at radius 1 is 1.10 bits per heavy atom. The number of nitrogens with zero attached hydrogens (tertiary/aromatic N) is 2. The Labute approximate surface area is 188 Å². The highest BCUT2D eigenvalue weighted by Crippen LogP contribution is 2.27. The third-order valence-corrected chi connectivity index (χ3v) is 6.93. The van der Waals surface area contributed by atoms with Crippen LogP contribution in [0.1, 0.15) is 23.6 Å². The summed E-state index contributed by atoms with van der Waals surface area (Å²) in [5, 5.41) is 3.44. The van der Waals surface area contributed by atoms with Crippen LogP contribution in [-0.2, 0) is 32.7 Å². The number of hydrogen-bond donors (Lipinski definition) is 1. The smallest absolute Gasteiger partial charge is 0.247 e. The molecule has 2 aromatic carbocycles. The van der Waals surface area contributed by atoms with Crippen LogP contribution in [0.3, 0.4) is 0 Å². The molecular formula is C22H26ClN3O4S. The number of carbonyl (C=O) groups excluding carboxylic acids is 2. The highest BCUT2D eigenvalue weighted by atomic mass is 35.5. The van der Waals surface area contributed by atoms with Gasteiger partial charge in [-0.15, -0.1) is 0 Å². The van der Waals surface area contributed by atoms with Gasteiger partial charge in [0.1, 0.15) is 5.54 Å². The molecule has 1 aliphatic rings. The zero-order chi connectivity index (χ0) is 22.8. The van der Waals surface area contributed by atoms with Crippen LogP contribution in [0.5, 0.6) is 0 Å². The van der Waals surface area contributed by atoms with Crippen LogP contribution in [0.25, 0.3) is 0 Å². The van der Waals surface area contributed by atoms with Crippen LogP contribution in [0.15, 0.2) is 48.5 Å². The molecule has 166 valence electrons. The van der Waals surface area contributed by atoms with Gasteiger partial charge in [0.25, 0.3) is 0 Å². The molecule has 1 N–H and O–H groups in total. The van der Waals surface area contributed by atoms with Crippen molar-refractivity contribution in [3.63, 3.8) is 0 Å². The zero-order valence-corrected chi connectivity index (χ0v) is 19.3. The molecule has 9 heteroatoms. The van der Waals surface area contributed by atoms with Crippen molar-refractivity contribution in [2.75, 3.05) is 19.3 Å². The molecule has 0 aromatic heterocycles. The normalized spacial score (nSPS) is 20.0. The van der Waals surface area contributed by atoms with E-state index in [9.17, 15) is 18.0 Å². The van der Waals surface area contributed by atoms with E-state index in [1.165, 1.54) is 4.90 Å². The number of amides is 2. The first-order valence-corrected chi connectivity index (χ1v) is 12.1. The van der Waals surface area contributed by atoms with Gasteiger partial charge in [-0.1, -0.05) is 53.6 Å². The van der Waals surface area contributed by atoms with Gasteiger partial charge in [0.05, 0.1) is 12.8 Å². The maximum Gasteiger partial charge on any atom is 0.247 e. The summed E-state index contributed by atoms with van der Waals surface area (Å²) < 4.78 is 25.4. The maximum atomic E-state index is 13.3. The van der Waals surface area contributed by atoms with E-state index in [0.29, 0.717) is 5.02 Å². The van der Waals surface area contributed by atoms with Crippen molar-refractivity contribution in [3.05, 3.63) is 70.2 Å². The first-order valence-electron chi connectivity index (χ1n) is 9.83. The fourth-order valence-corrected chi connectivity index (χ4v) is 4.50. The van der Waals surface area contributed by atoms with Gasteiger partial charge in [-0.2, -0.15) is 4.31 Å². The lowest BCUT2D eigenvalue weighted by atomic mass is 9.94. The lowest BCUT2D eigenvalue weighted by Crippen LogP contribution is -2.69. The summed E-state index contributed by atoms with van der Waals surface area (Å²) >= 11 is 5.91. The minimum absolute atomic E-state index is 0.115. The van der Waals surface area contributed by atoms with Crippen LogP contribution in [0, 0.1) is 6.92 Å². The third kappa shape index (κ3) is 5.44. The topological polar surface area (TPSA) is 86.8 Å². The summed E-state index contributed by atoms with van der Waals surface area (Å²) in [6.07, 6.45) is 1.04. The van der Waals surface area contributed by atoms with Crippen molar-refractivity contribution in [2.24, 2.45) is 0 Å². The molecule has 2 amide bonds. The molecule has 1 atom stereocenters. The van der Waals surface area contributed by atoms with E-state index < -0.39 is 27.4 Å². The van der Waals surface area contributed by atoms with Gasteiger partial charge in [0.15, 0.2) is 0 Å². The average molecular weight is 464 g/mol. The number of benzene rings is 2. The molecule has 1 aliphatic heterocycles. The van der Waals surface area contributed by atoms with Gasteiger partial charge >= 0.3 is 0 Å². The predicted molar refractivity (Wildman–Crippen MR) is 120 cm³/mol. The van der Waals surface area contributed by atoms with Crippen molar-refractivity contribution in [1.82, 2.24) is 14.5 Å². The molecule has 7 nitrogen and oxygen atoms in total. The summed E-state index contributed by atoms with van der Waals surface area (Å²) in [4.78, 5) is 27.7. The third-order valence-electron chi connectivity index (χ3n) is 5.48. The lowest BCUT2D eigenvalue weighted by molar-refractivity contribution is -0.153. The highest BCUT2D eigenvalue weighted by molar-refractivity contribution is 7.88. The summed E-state index contributed by atoms with van der Waals surface area (Å²) in [7, 11) is -3.65. The second-order valence-corrected chi connectivity index (χ2v) is 10.5. The number of hydrogen-bond acceptors (Lipinski definition) is 4. The zero-order valence-electron chi connectivity index (χ0n) is 17.8. The molecule has 1 unspecified atom stereocenters. The number of rotatable bonds is 6. The van der Waals surface area contributed by atoms with Crippen LogP contribution < -0.4 is 5.32 Å². The SMILES string of the molecule is Cc1ccc(CN2C(=O)CN(S(C)(=O)=O)CC2(C)C(=O)NCc2ccc(Cl)cc2)cc1. The number of nitrogens with one attached hydrogen (secondary N) is 1. The van der Waals surface area contributed by atoms with Crippen LogP contribution in [0.4, 0.5) is 0 Å². The number of aryl methyl sites for hydroxylation is 1. The Bertz CT molecular complexity index is 1070. The summed E-state index contributed by atoms with van der Waals surface area (Å²) in [6, 6.07) is 14.7. The van der Waals surface area contributed by atoms with E-state index >= 15 is 0 Å². The molecule has 0 bridgehead atoms. The largest absolute Gasteiger partial charge is 0.350 e. The Balaban J connectivity index is 1.87. The molecule has 1 heterocycles. The Morgan fingerprint density at radius 3 is 2.26 bits per heavy atom. The molecular weight excluding hydrogens is 438 g/mol. The van der Waals surface area contributed by atoms with Gasteiger partial charge in [0.2, 0.25) is 21.8 Å². The van der Waals surface area contributed by atoms with Gasteiger partial charge in [0, 0.05) is 24.7 Å². The summed E-state index contributed by atoms with van der Waals surface area (Å²) in [5.41, 5.74) is 1.42. The van der Waals surface area contributed by atoms with E-state index in [2.05, 4.69) is 5.32 Å². The van der Waals surface area contributed by atoms with E-state index in [-0.39, 0.29) is 26.2 Å². The molecule has 0 radical (unpaired) electrons. The summed E-state index contributed by atoms with van der Waals surface area (Å²) in [5.74, 6) is -0.836. The van der Waals surface area contributed by atoms with Crippen molar-refractivity contribution >= 4 is 33.4 Å².